The van der Waals surface area contributed by atoms with Crippen molar-refractivity contribution in [2.24, 2.45) is 0 Å². The molecule has 4 aromatic heterocycles. The van der Waals surface area contributed by atoms with Crippen LogP contribution in [0.2, 0.25) is 9.36 Å². The quantitative estimate of drug-likeness (QED) is 0.312. The number of carbonyl (C=O) groups excluding carboxylic acids is 1. The van der Waals surface area contributed by atoms with Crippen molar-refractivity contribution in [1.82, 2.24) is 14.3 Å². The number of aromatic nitrogens is 3. The largest absolute Gasteiger partial charge is 0.472 e. The van der Waals surface area contributed by atoms with E-state index in [1.807, 2.05) is 24.3 Å². The van der Waals surface area contributed by atoms with Gasteiger partial charge in [-0.2, -0.15) is 9.78 Å². The van der Waals surface area contributed by atoms with Crippen molar-refractivity contribution in [1.29, 1.82) is 0 Å². The van der Waals surface area contributed by atoms with Crippen LogP contribution in [0, 0.1) is 0 Å². The molecular formula is C25H18Cl2N4O3S. The van der Waals surface area contributed by atoms with E-state index < -0.39 is 5.91 Å². The van der Waals surface area contributed by atoms with E-state index in [4.69, 9.17) is 33.4 Å². The van der Waals surface area contributed by atoms with Gasteiger partial charge >= 0.3 is 0 Å². The first-order valence-electron chi connectivity index (χ1n) is 10.5. The highest BCUT2D eigenvalue weighted by Gasteiger charge is 2.25. The molecule has 0 radical (unpaired) electrons. The first-order chi connectivity index (χ1) is 16.9. The van der Waals surface area contributed by atoms with Crippen molar-refractivity contribution in [3.63, 3.8) is 0 Å². The Labute approximate surface area is 213 Å². The van der Waals surface area contributed by atoms with Crippen LogP contribution >= 0.6 is 34.5 Å². The summed E-state index contributed by atoms with van der Waals surface area (Å²) in [6.07, 6.45) is 4.74. The molecule has 4 heterocycles. The first kappa shape index (κ1) is 23.2. The maximum Gasteiger partial charge on any atom is 0.281 e. The predicted molar refractivity (Wildman–Crippen MR) is 137 cm³/mol. The minimum Gasteiger partial charge on any atom is -0.472 e. The lowest BCUT2D eigenvalue weighted by Crippen LogP contribution is -2.22. The van der Waals surface area contributed by atoms with Crippen LogP contribution in [-0.4, -0.2) is 20.3 Å². The molecular weight excluding hydrogens is 507 g/mol. The monoisotopic (exact) mass is 524 g/mol. The van der Waals surface area contributed by atoms with Crippen molar-refractivity contribution >= 4 is 46.1 Å². The number of hydrogen-bond donors (Lipinski definition) is 1. The molecule has 1 aromatic carbocycles. The molecule has 0 unspecified atom stereocenters. The van der Waals surface area contributed by atoms with Gasteiger partial charge in [0.15, 0.2) is 0 Å². The zero-order valence-corrected chi connectivity index (χ0v) is 20.5. The summed E-state index contributed by atoms with van der Waals surface area (Å²) >= 11 is 13.8. The Hall–Kier alpha value is -3.59. The van der Waals surface area contributed by atoms with Gasteiger partial charge in [0.25, 0.3) is 11.5 Å². The molecule has 0 fully saturated rings. The second kappa shape index (κ2) is 9.58. The maximum atomic E-state index is 13.4. The molecule has 176 valence electrons. The average molecular weight is 525 g/mol. The number of pyridine rings is 1. The Balaban J connectivity index is 1.61. The van der Waals surface area contributed by atoms with Crippen LogP contribution in [-0.2, 0) is 13.0 Å². The molecule has 0 amide bonds. The highest BCUT2D eigenvalue weighted by Crippen LogP contribution is 2.31. The summed E-state index contributed by atoms with van der Waals surface area (Å²) in [6, 6.07) is 15.9. The zero-order valence-electron chi connectivity index (χ0n) is 18.2. The predicted octanol–water partition coefficient (Wildman–Crippen LogP) is 5.58. The fourth-order valence-corrected chi connectivity index (χ4v) is 5.06. The van der Waals surface area contributed by atoms with Gasteiger partial charge in [-0.3, -0.25) is 9.59 Å². The Kier molecular flexibility index (Phi) is 6.34. The average Bonchev–Trinajstić information content (AvgIpc) is 3.59. The van der Waals surface area contributed by atoms with Crippen LogP contribution in [0.4, 0.5) is 5.69 Å². The molecule has 2 N–H and O–H groups in total. The number of anilines is 1. The fourth-order valence-electron chi connectivity index (χ4n) is 3.77. The molecule has 0 atom stereocenters. The van der Waals surface area contributed by atoms with Crippen LogP contribution in [0.25, 0.3) is 11.3 Å². The van der Waals surface area contributed by atoms with E-state index in [2.05, 4.69) is 5.10 Å². The van der Waals surface area contributed by atoms with Crippen molar-refractivity contribution in [3.8, 4) is 11.3 Å². The second-order valence-electron chi connectivity index (χ2n) is 7.77. The van der Waals surface area contributed by atoms with E-state index in [-0.39, 0.29) is 29.0 Å². The SMILES string of the molecule is Nc1c(-c2cccn(Cc3ccccc3Cl)c2=O)nn(C(=O)c2ccoc2)c1Cc1ccc(Cl)s1. The van der Waals surface area contributed by atoms with Crippen LogP contribution in [0.1, 0.15) is 26.5 Å². The highest BCUT2D eigenvalue weighted by molar-refractivity contribution is 7.16. The Morgan fingerprint density at radius 1 is 1.09 bits per heavy atom. The van der Waals surface area contributed by atoms with E-state index in [0.717, 1.165) is 10.4 Å². The summed E-state index contributed by atoms with van der Waals surface area (Å²) < 4.78 is 8.45. The molecule has 0 aliphatic carbocycles. The molecule has 0 spiro atoms. The third-order valence-corrected chi connectivity index (χ3v) is 7.13. The molecule has 5 rings (SSSR count). The van der Waals surface area contributed by atoms with Gasteiger partial charge in [0.05, 0.1) is 39.7 Å². The molecule has 0 saturated heterocycles. The Morgan fingerprint density at radius 3 is 2.63 bits per heavy atom. The molecule has 7 nitrogen and oxygen atoms in total. The van der Waals surface area contributed by atoms with Crippen molar-refractivity contribution in [3.05, 3.63) is 115 Å². The molecule has 5 aromatic rings. The number of thiophene rings is 1. The number of benzene rings is 1. The summed E-state index contributed by atoms with van der Waals surface area (Å²) in [4.78, 5) is 27.5. The normalized spacial score (nSPS) is 11.1. The standard InChI is InChI=1S/C25H18Cl2N4O3S/c26-19-6-2-1-4-15(19)13-30-10-3-5-18(25(30)33)23-22(28)20(12-17-7-8-21(27)35-17)31(29-23)24(32)16-9-11-34-14-16/h1-11,14H,12-13,28H2. The van der Waals surface area contributed by atoms with Crippen LogP contribution in [0.15, 0.2) is 82.5 Å². The molecule has 0 aliphatic rings. The lowest BCUT2D eigenvalue weighted by atomic mass is 10.1. The molecule has 10 heteroatoms. The zero-order chi connectivity index (χ0) is 24.5. The summed E-state index contributed by atoms with van der Waals surface area (Å²) in [5, 5.41) is 5.06. The van der Waals surface area contributed by atoms with Gasteiger partial charge in [-0.25, -0.2) is 0 Å². The van der Waals surface area contributed by atoms with Crippen LogP contribution < -0.4 is 11.3 Å². The lowest BCUT2D eigenvalue weighted by molar-refractivity contribution is 0.0941. The second-order valence-corrected chi connectivity index (χ2v) is 9.97. The summed E-state index contributed by atoms with van der Waals surface area (Å²) in [5.74, 6) is -0.415. The number of furan rings is 1. The third-order valence-electron chi connectivity index (χ3n) is 5.53. The van der Waals surface area contributed by atoms with Gasteiger partial charge < -0.3 is 14.7 Å². The van der Waals surface area contributed by atoms with E-state index in [1.165, 1.54) is 33.1 Å². The minimum atomic E-state index is -0.415. The Bertz CT molecular complexity index is 1580. The number of nitrogens with two attached hydrogens (primary N) is 1. The molecule has 35 heavy (non-hydrogen) atoms. The van der Waals surface area contributed by atoms with Crippen molar-refractivity contribution < 1.29 is 9.21 Å². The Morgan fingerprint density at radius 2 is 1.91 bits per heavy atom. The van der Waals surface area contributed by atoms with E-state index in [1.54, 1.807) is 36.5 Å². The minimum absolute atomic E-state index is 0.234. The summed E-state index contributed by atoms with van der Waals surface area (Å²) in [5.41, 5.74) is 8.56. The third kappa shape index (κ3) is 4.55. The summed E-state index contributed by atoms with van der Waals surface area (Å²) in [6.45, 7) is 0.279. The fraction of sp³-hybridized carbons (Fsp3) is 0.0800. The first-order valence-corrected chi connectivity index (χ1v) is 12.1. The van der Waals surface area contributed by atoms with Gasteiger partial charge in [-0.15, -0.1) is 11.3 Å². The molecule has 0 aliphatic heterocycles. The number of rotatable bonds is 6. The molecule has 0 saturated carbocycles. The number of carbonyl (C=O) groups is 1. The van der Waals surface area contributed by atoms with Gasteiger partial charge in [0.1, 0.15) is 12.0 Å². The number of hydrogen-bond acceptors (Lipinski definition) is 6. The number of nitrogens with zero attached hydrogens (tertiary/aromatic N) is 3. The van der Waals surface area contributed by atoms with Gasteiger partial charge in [-0.1, -0.05) is 41.4 Å². The number of nitrogen functional groups attached to an aromatic ring is 1. The van der Waals surface area contributed by atoms with Gasteiger partial charge in [0.2, 0.25) is 0 Å². The van der Waals surface area contributed by atoms with Crippen molar-refractivity contribution in [2.75, 3.05) is 5.73 Å². The van der Waals surface area contributed by atoms with Gasteiger partial charge in [-0.05, 0) is 42.0 Å². The lowest BCUT2D eigenvalue weighted by Gasteiger charge is -2.09. The molecule has 0 bridgehead atoms. The van der Waals surface area contributed by atoms with Crippen LogP contribution in [0.5, 0.6) is 0 Å². The van der Waals surface area contributed by atoms with Crippen molar-refractivity contribution in [2.45, 2.75) is 13.0 Å². The number of halogens is 2. The maximum absolute atomic E-state index is 13.4. The van der Waals surface area contributed by atoms with E-state index in [0.29, 0.717) is 27.0 Å². The van der Waals surface area contributed by atoms with E-state index in [9.17, 15) is 9.59 Å². The van der Waals surface area contributed by atoms with E-state index >= 15 is 0 Å². The topological polar surface area (TPSA) is 96.0 Å². The van der Waals surface area contributed by atoms with Gasteiger partial charge in [0, 0.05) is 22.5 Å². The smallest absolute Gasteiger partial charge is 0.281 e. The van der Waals surface area contributed by atoms with Crippen LogP contribution in [0.3, 0.4) is 0 Å². The summed E-state index contributed by atoms with van der Waals surface area (Å²) in [7, 11) is 0. The highest BCUT2D eigenvalue weighted by atomic mass is 35.5.